The number of aromatic hydroxyl groups is 1. The van der Waals surface area contributed by atoms with Gasteiger partial charge in [-0.25, -0.2) is 5.43 Å². The third-order valence-electron chi connectivity index (χ3n) is 6.02. The second kappa shape index (κ2) is 13.6. The number of rotatable bonds is 11. The van der Waals surface area contributed by atoms with Gasteiger partial charge in [-0.05, 0) is 59.5 Å². The topological polar surface area (TPSA) is 103 Å². The van der Waals surface area contributed by atoms with Gasteiger partial charge in [-0.15, -0.1) is 0 Å². The molecule has 0 aromatic heterocycles. The molecule has 8 heteroatoms. The van der Waals surface area contributed by atoms with Gasteiger partial charge in [0.05, 0.1) is 17.3 Å². The van der Waals surface area contributed by atoms with Gasteiger partial charge in [0.2, 0.25) is 0 Å². The molecule has 0 heterocycles. The Bertz CT molecular complexity index is 1430. The van der Waals surface area contributed by atoms with Crippen molar-refractivity contribution in [3.8, 4) is 22.6 Å². The van der Waals surface area contributed by atoms with Crippen LogP contribution < -0.4 is 15.5 Å². The predicted molar refractivity (Wildman–Crippen MR) is 155 cm³/mol. The molecule has 0 fully saturated rings. The van der Waals surface area contributed by atoms with Crippen LogP contribution in [0.15, 0.2) is 96.1 Å². The molecule has 0 spiro atoms. The summed E-state index contributed by atoms with van der Waals surface area (Å²) in [6, 6.07) is 27.5. The Morgan fingerprint density at radius 3 is 2.46 bits per heavy atom. The van der Waals surface area contributed by atoms with Crippen molar-refractivity contribution in [2.24, 2.45) is 5.10 Å². The summed E-state index contributed by atoms with van der Waals surface area (Å²) in [5, 5.41) is 27.3. The molecule has 4 rings (SSSR count). The molecule has 4 N–H and O–H groups in total. The molecule has 4 aromatic carbocycles. The van der Waals surface area contributed by atoms with Crippen molar-refractivity contribution in [3.05, 3.63) is 118 Å². The van der Waals surface area contributed by atoms with Gasteiger partial charge in [0.25, 0.3) is 5.91 Å². The highest BCUT2D eigenvalue weighted by atomic mass is 35.5. The molecule has 0 aliphatic carbocycles. The zero-order valence-electron chi connectivity index (χ0n) is 21.5. The van der Waals surface area contributed by atoms with Crippen molar-refractivity contribution in [2.45, 2.75) is 13.0 Å². The number of nitrogens with zero attached hydrogens (tertiary/aromatic N) is 1. The first kappa shape index (κ1) is 27.9. The van der Waals surface area contributed by atoms with Crippen LogP contribution >= 0.6 is 11.6 Å². The Kier molecular flexibility index (Phi) is 9.69. The van der Waals surface area contributed by atoms with Crippen LogP contribution in [0.1, 0.15) is 33.2 Å². The molecule has 1 unspecified atom stereocenters. The van der Waals surface area contributed by atoms with Gasteiger partial charge in [0, 0.05) is 24.2 Å². The van der Waals surface area contributed by atoms with Crippen molar-refractivity contribution >= 4 is 23.7 Å². The molecule has 39 heavy (non-hydrogen) atoms. The third-order valence-corrected chi connectivity index (χ3v) is 6.32. The van der Waals surface area contributed by atoms with Gasteiger partial charge in [-0.3, -0.25) is 4.79 Å². The highest BCUT2D eigenvalue weighted by Gasteiger charge is 2.13. The number of hydrogen-bond acceptors (Lipinski definition) is 6. The van der Waals surface area contributed by atoms with Crippen molar-refractivity contribution in [2.75, 3.05) is 19.7 Å². The number of aliphatic hydroxyl groups is 1. The zero-order valence-corrected chi connectivity index (χ0v) is 22.2. The van der Waals surface area contributed by atoms with Gasteiger partial charge >= 0.3 is 0 Å². The Morgan fingerprint density at radius 1 is 1.03 bits per heavy atom. The first-order chi connectivity index (χ1) is 18.9. The SMILES string of the molecule is Cc1cc(/C=N\NC(=O)c2ccc(O)c(Cl)c2)cc(-c2ccccc2)c1OCCNCC(O)c1ccccc1. The molecule has 0 saturated heterocycles. The molecule has 1 atom stereocenters. The third kappa shape index (κ3) is 7.67. The molecule has 0 bridgehead atoms. The van der Waals surface area contributed by atoms with Crippen LogP contribution in [-0.2, 0) is 0 Å². The van der Waals surface area contributed by atoms with Gasteiger partial charge in [-0.1, -0.05) is 72.3 Å². The van der Waals surface area contributed by atoms with E-state index in [9.17, 15) is 15.0 Å². The standard InChI is InChI=1S/C31H30ClN3O4/c1-21-16-22(19-34-35-31(38)25-12-13-28(36)27(32)18-25)17-26(23-8-4-2-5-9-23)30(21)39-15-14-33-20-29(37)24-10-6-3-7-11-24/h2-13,16-19,29,33,36-37H,14-15,20H2,1H3,(H,35,38)/b34-19-. The summed E-state index contributed by atoms with van der Waals surface area (Å²) in [6.45, 7) is 3.37. The van der Waals surface area contributed by atoms with E-state index >= 15 is 0 Å². The monoisotopic (exact) mass is 543 g/mol. The van der Waals surface area contributed by atoms with E-state index in [0.717, 1.165) is 33.6 Å². The van der Waals surface area contributed by atoms with Crippen molar-refractivity contribution in [3.63, 3.8) is 0 Å². The summed E-state index contributed by atoms with van der Waals surface area (Å²) < 4.78 is 6.19. The molecular weight excluding hydrogens is 514 g/mol. The highest BCUT2D eigenvalue weighted by molar-refractivity contribution is 6.32. The van der Waals surface area contributed by atoms with Crippen LogP contribution in [0.4, 0.5) is 0 Å². The Hall–Kier alpha value is -4.17. The largest absolute Gasteiger partial charge is 0.506 e. The number of hydrogen-bond donors (Lipinski definition) is 4. The molecule has 1 amide bonds. The van der Waals surface area contributed by atoms with Crippen molar-refractivity contribution in [1.29, 1.82) is 0 Å². The fourth-order valence-corrected chi connectivity index (χ4v) is 4.22. The van der Waals surface area contributed by atoms with Gasteiger partial charge in [0.1, 0.15) is 18.1 Å². The number of phenols is 1. The van der Waals surface area contributed by atoms with Gasteiger partial charge in [0.15, 0.2) is 0 Å². The van der Waals surface area contributed by atoms with Crippen LogP contribution in [0.3, 0.4) is 0 Å². The van der Waals surface area contributed by atoms with E-state index in [4.69, 9.17) is 16.3 Å². The first-order valence-corrected chi connectivity index (χ1v) is 12.9. The molecule has 7 nitrogen and oxygen atoms in total. The van der Waals surface area contributed by atoms with E-state index in [1.54, 1.807) is 6.21 Å². The lowest BCUT2D eigenvalue weighted by atomic mass is 9.99. The second-order valence-corrected chi connectivity index (χ2v) is 9.33. The number of carbonyl (C=O) groups is 1. The number of amides is 1. The minimum atomic E-state index is -0.585. The summed E-state index contributed by atoms with van der Waals surface area (Å²) in [6.07, 6.45) is 0.980. The van der Waals surface area contributed by atoms with Crippen LogP contribution in [0.25, 0.3) is 11.1 Å². The summed E-state index contributed by atoms with van der Waals surface area (Å²) >= 11 is 5.89. The lowest BCUT2D eigenvalue weighted by Gasteiger charge is -2.17. The summed E-state index contributed by atoms with van der Waals surface area (Å²) in [7, 11) is 0. The van der Waals surface area contributed by atoms with E-state index in [-0.39, 0.29) is 16.3 Å². The Morgan fingerprint density at radius 2 is 1.74 bits per heavy atom. The molecule has 0 aliphatic rings. The number of phenolic OH excluding ortho intramolecular Hbond substituents is 1. The Balaban J connectivity index is 1.42. The first-order valence-electron chi connectivity index (χ1n) is 12.5. The average Bonchev–Trinajstić information content (AvgIpc) is 2.95. The fourth-order valence-electron chi connectivity index (χ4n) is 4.04. The number of aliphatic hydroxyl groups excluding tert-OH is 1. The normalized spacial score (nSPS) is 11.9. The number of halogens is 1. The van der Waals surface area contributed by atoms with E-state index in [1.165, 1.54) is 18.2 Å². The van der Waals surface area contributed by atoms with Crippen molar-refractivity contribution < 1.29 is 19.7 Å². The second-order valence-electron chi connectivity index (χ2n) is 8.92. The van der Waals surface area contributed by atoms with Crippen LogP contribution in [0.2, 0.25) is 5.02 Å². The van der Waals surface area contributed by atoms with Crippen LogP contribution in [0, 0.1) is 6.92 Å². The molecule has 200 valence electrons. The minimum Gasteiger partial charge on any atom is -0.506 e. The number of nitrogens with one attached hydrogen (secondary N) is 2. The number of aryl methyl sites for hydroxylation is 1. The maximum absolute atomic E-state index is 12.4. The number of benzene rings is 4. The van der Waals surface area contributed by atoms with E-state index in [0.29, 0.717) is 19.7 Å². The zero-order chi connectivity index (χ0) is 27.6. The fraction of sp³-hybridized carbons (Fsp3) is 0.161. The molecule has 4 aromatic rings. The number of hydrazone groups is 1. The number of carbonyl (C=O) groups excluding carboxylic acids is 1. The van der Waals surface area contributed by atoms with Gasteiger partial charge in [-0.2, -0.15) is 5.10 Å². The quantitative estimate of drug-likeness (QED) is 0.114. The lowest BCUT2D eigenvalue weighted by Crippen LogP contribution is -2.26. The minimum absolute atomic E-state index is 0.0907. The smallest absolute Gasteiger partial charge is 0.271 e. The predicted octanol–water partition coefficient (Wildman–Crippen LogP) is 5.49. The lowest BCUT2D eigenvalue weighted by molar-refractivity contribution is 0.0955. The van der Waals surface area contributed by atoms with E-state index in [2.05, 4.69) is 15.8 Å². The molecule has 0 aliphatic heterocycles. The molecular formula is C31H30ClN3O4. The molecule has 0 saturated carbocycles. The maximum atomic E-state index is 12.4. The molecule has 0 radical (unpaired) electrons. The summed E-state index contributed by atoms with van der Waals surface area (Å²) in [5.41, 5.74) is 7.23. The Labute approximate surface area is 232 Å². The van der Waals surface area contributed by atoms with Crippen LogP contribution in [-0.4, -0.2) is 42.0 Å². The van der Waals surface area contributed by atoms with E-state index < -0.39 is 12.0 Å². The maximum Gasteiger partial charge on any atom is 0.271 e. The summed E-state index contributed by atoms with van der Waals surface area (Å²) in [4.78, 5) is 12.4. The van der Waals surface area contributed by atoms with Gasteiger partial charge < -0.3 is 20.3 Å². The van der Waals surface area contributed by atoms with Crippen LogP contribution in [0.5, 0.6) is 11.5 Å². The van der Waals surface area contributed by atoms with E-state index in [1.807, 2.05) is 79.7 Å². The van der Waals surface area contributed by atoms with Crippen molar-refractivity contribution in [1.82, 2.24) is 10.7 Å². The summed E-state index contributed by atoms with van der Waals surface area (Å²) in [5.74, 6) is 0.216. The average molecular weight is 544 g/mol. The number of ether oxygens (including phenoxy) is 1. The highest BCUT2D eigenvalue weighted by Crippen LogP contribution is 2.34.